The molecule has 1 aromatic rings. The predicted molar refractivity (Wildman–Crippen MR) is 74.3 cm³/mol. The molecule has 2 N–H and O–H groups in total. The zero-order valence-electron chi connectivity index (χ0n) is 12.3. The van der Waals surface area contributed by atoms with Crippen molar-refractivity contribution in [3.05, 3.63) is 35.4 Å². The summed E-state index contributed by atoms with van der Waals surface area (Å²) in [4.78, 5) is 22.7. The first-order chi connectivity index (χ1) is 10.1. The molecule has 1 rings (SSSR count). The Bertz CT molecular complexity index is 543. The highest BCUT2D eigenvalue weighted by Crippen LogP contribution is 2.31. The molecule has 0 saturated heterocycles. The molecular formula is C15H18F3NO3. The molecule has 0 aromatic heterocycles. The summed E-state index contributed by atoms with van der Waals surface area (Å²) in [6.45, 7) is 3.22. The van der Waals surface area contributed by atoms with Crippen molar-refractivity contribution in [3.63, 3.8) is 0 Å². The maximum atomic E-state index is 12.7. The number of amides is 1. The number of aliphatic carboxylic acids is 1. The van der Waals surface area contributed by atoms with E-state index in [-0.39, 0.29) is 12.0 Å². The summed E-state index contributed by atoms with van der Waals surface area (Å²) in [7, 11) is 0. The van der Waals surface area contributed by atoms with Crippen LogP contribution in [0.25, 0.3) is 0 Å². The van der Waals surface area contributed by atoms with Gasteiger partial charge in [0.2, 0.25) is 5.91 Å². The van der Waals surface area contributed by atoms with E-state index >= 15 is 0 Å². The number of carbonyl (C=O) groups excluding carboxylic acids is 1. The van der Waals surface area contributed by atoms with E-state index in [1.54, 1.807) is 6.92 Å². The van der Waals surface area contributed by atoms with Crippen molar-refractivity contribution in [2.24, 2.45) is 0 Å². The van der Waals surface area contributed by atoms with Crippen molar-refractivity contribution in [3.8, 4) is 0 Å². The summed E-state index contributed by atoms with van der Waals surface area (Å²) >= 11 is 0. The van der Waals surface area contributed by atoms with Crippen molar-refractivity contribution in [1.29, 1.82) is 0 Å². The van der Waals surface area contributed by atoms with Gasteiger partial charge in [-0.05, 0) is 25.0 Å². The Morgan fingerprint density at radius 2 is 1.95 bits per heavy atom. The van der Waals surface area contributed by atoms with Crippen LogP contribution >= 0.6 is 0 Å². The quantitative estimate of drug-likeness (QED) is 0.847. The van der Waals surface area contributed by atoms with Crippen LogP contribution in [-0.2, 0) is 15.8 Å². The molecule has 122 valence electrons. The topological polar surface area (TPSA) is 66.4 Å². The van der Waals surface area contributed by atoms with Gasteiger partial charge in [0, 0.05) is 6.04 Å². The first kappa shape index (κ1) is 18.0. The molecule has 0 aliphatic heterocycles. The highest BCUT2D eigenvalue weighted by atomic mass is 19.4. The van der Waals surface area contributed by atoms with E-state index in [1.165, 1.54) is 19.1 Å². The van der Waals surface area contributed by atoms with E-state index in [2.05, 4.69) is 5.32 Å². The monoisotopic (exact) mass is 317 g/mol. The second-order valence-electron chi connectivity index (χ2n) is 5.09. The van der Waals surface area contributed by atoms with Gasteiger partial charge in [0.15, 0.2) is 0 Å². The van der Waals surface area contributed by atoms with Gasteiger partial charge < -0.3 is 10.4 Å². The van der Waals surface area contributed by atoms with E-state index in [4.69, 9.17) is 5.11 Å². The van der Waals surface area contributed by atoms with E-state index in [0.29, 0.717) is 6.42 Å². The van der Waals surface area contributed by atoms with Crippen molar-refractivity contribution >= 4 is 11.9 Å². The largest absolute Gasteiger partial charge is 0.481 e. The minimum Gasteiger partial charge on any atom is -0.481 e. The van der Waals surface area contributed by atoms with Gasteiger partial charge in [0.25, 0.3) is 0 Å². The second-order valence-corrected chi connectivity index (χ2v) is 5.09. The van der Waals surface area contributed by atoms with Gasteiger partial charge in [-0.3, -0.25) is 9.59 Å². The number of nitrogens with one attached hydrogen (secondary N) is 1. The number of rotatable bonds is 6. The molecule has 0 saturated carbocycles. The molecule has 0 heterocycles. The molecule has 2 unspecified atom stereocenters. The first-order valence-electron chi connectivity index (χ1n) is 6.84. The maximum Gasteiger partial charge on any atom is 0.416 e. The van der Waals surface area contributed by atoms with Crippen LogP contribution in [0.3, 0.4) is 0 Å². The van der Waals surface area contributed by atoms with Gasteiger partial charge >= 0.3 is 12.1 Å². The molecule has 4 nitrogen and oxygen atoms in total. The van der Waals surface area contributed by atoms with Gasteiger partial charge in [0.05, 0.1) is 17.9 Å². The van der Waals surface area contributed by atoms with Crippen LogP contribution in [-0.4, -0.2) is 23.0 Å². The first-order valence-corrected chi connectivity index (χ1v) is 6.84. The van der Waals surface area contributed by atoms with Crippen LogP contribution in [0.4, 0.5) is 13.2 Å². The van der Waals surface area contributed by atoms with Crippen molar-refractivity contribution in [2.75, 3.05) is 0 Å². The van der Waals surface area contributed by atoms with Gasteiger partial charge in [-0.15, -0.1) is 0 Å². The van der Waals surface area contributed by atoms with E-state index in [9.17, 15) is 22.8 Å². The molecule has 0 aliphatic carbocycles. The number of hydrogen-bond acceptors (Lipinski definition) is 2. The summed E-state index contributed by atoms with van der Waals surface area (Å²) in [6.07, 6.45) is -4.40. The molecular weight excluding hydrogens is 299 g/mol. The summed E-state index contributed by atoms with van der Waals surface area (Å²) in [5.74, 6) is -2.28. The smallest absolute Gasteiger partial charge is 0.416 e. The zero-order valence-corrected chi connectivity index (χ0v) is 12.3. The number of carbonyl (C=O) groups is 2. The summed E-state index contributed by atoms with van der Waals surface area (Å²) in [6, 6.07) is 4.03. The summed E-state index contributed by atoms with van der Waals surface area (Å²) in [5.41, 5.74) is -0.549. The van der Waals surface area contributed by atoms with E-state index in [0.717, 1.165) is 12.1 Å². The lowest BCUT2D eigenvalue weighted by atomic mass is 9.93. The molecule has 2 atom stereocenters. The summed E-state index contributed by atoms with van der Waals surface area (Å²) < 4.78 is 38.2. The molecule has 1 aromatic carbocycles. The highest BCUT2D eigenvalue weighted by molar-refractivity contribution is 5.84. The number of halogens is 3. The number of alkyl halides is 3. The molecule has 1 amide bonds. The van der Waals surface area contributed by atoms with Crippen LogP contribution < -0.4 is 5.32 Å². The molecule has 7 heteroatoms. The molecule has 0 aliphatic rings. The minimum absolute atomic E-state index is 0.245. The maximum absolute atomic E-state index is 12.7. The fraction of sp³-hybridized carbons (Fsp3) is 0.467. The van der Waals surface area contributed by atoms with Gasteiger partial charge in [-0.25, -0.2) is 0 Å². The lowest BCUT2D eigenvalue weighted by molar-refractivity contribution is -0.138. The third-order valence-corrected chi connectivity index (χ3v) is 3.21. The second kappa shape index (κ2) is 7.29. The third kappa shape index (κ3) is 5.05. The molecule has 0 fully saturated rings. The Kier molecular flexibility index (Phi) is 5.96. The third-order valence-electron chi connectivity index (χ3n) is 3.21. The van der Waals surface area contributed by atoms with Crippen molar-refractivity contribution in [1.82, 2.24) is 5.32 Å². The van der Waals surface area contributed by atoms with Crippen molar-refractivity contribution in [2.45, 2.75) is 44.8 Å². The molecule has 0 bridgehead atoms. The van der Waals surface area contributed by atoms with Crippen LogP contribution in [0, 0.1) is 0 Å². The molecule has 0 spiro atoms. The number of carboxylic acids is 1. The zero-order chi connectivity index (χ0) is 16.9. The Hall–Kier alpha value is -2.05. The van der Waals surface area contributed by atoms with E-state index in [1.807, 2.05) is 0 Å². The van der Waals surface area contributed by atoms with Gasteiger partial charge in [-0.1, -0.05) is 25.1 Å². The standard InChI is InChI=1S/C15H18F3NO3/c1-3-12(14(22)19-9(2)7-13(20)21)10-5-4-6-11(8-10)15(16,17)18/h4-6,8-9,12H,3,7H2,1-2H3,(H,19,22)(H,20,21). The SMILES string of the molecule is CCC(C(=O)NC(C)CC(=O)O)c1cccc(C(F)(F)F)c1. The number of hydrogen-bond donors (Lipinski definition) is 2. The average Bonchev–Trinajstić information content (AvgIpc) is 2.37. The van der Waals surface area contributed by atoms with Crippen LogP contribution in [0.5, 0.6) is 0 Å². The fourth-order valence-electron chi connectivity index (χ4n) is 2.16. The Morgan fingerprint density at radius 3 is 2.45 bits per heavy atom. The number of benzene rings is 1. The Morgan fingerprint density at radius 1 is 1.32 bits per heavy atom. The van der Waals surface area contributed by atoms with Crippen LogP contribution in [0.1, 0.15) is 43.7 Å². The fourth-order valence-corrected chi connectivity index (χ4v) is 2.16. The lowest BCUT2D eigenvalue weighted by Gasteiger charge is -2.19. The average molecular weight is 317 g/mol. The van der Waals surface area contributed by atoms with Gasteiger partial charge in [0.1, 0.15) is 0 Å². The molecule has 22 heavy (non-hydrogen) atoms. The Labute approximate surface area is 126 Å². The summed E-state index contributed by atoms with van der Waals surface area (Å²) in [5, 5.41) is 11.2. The normalized spacial score (nSPS) is 14.2. The predicted octanol–water partition coefficient (Wildman–Crippen LogP) is 3.18. The van der Waals surface area contributed by atoms with Crippen LogP contribution in [0.15, 0.2) is 24.3 Å². The van der Waals surface area contributed by atoms with Crippen LogP contribution in [0.2, 0.25) is 0 Å². The molecule has 0 radical (unpaired) electrons. The van der Waals surface area contributed by atoms with Crippen molar-refractivity contribution < 1.29 is 27.9 Å². The van der Waals surface area contributed by atoms with E-state index < -0.39 is 35.6 Å². The Balaban J connectivity index is 2.92. The lowest BCUT2D eigenvalue weighted by Crippen LogP contribution is -2.37. The van der Waals surface area contributed by atoms with Gasteiger partial charge in [-0.2, -0.15) is 13.2 Å². The number of carboxylic acid groups (broad SMARTS) is 1. The minimum atomic E-state index is -4.47. The highest BCUT2D eigenvalue weighted by Gasteiger charge is 2.31.